The van der Waals surface area contributed by atoms with Crippen molar-refractivity contribution in [3.05, 3.63) is 0 Å². The Morgan fingerprint density at radius 3 is 2.78 bits per heavy atom. The van der Waals surface area contributed by atoms with Gasteiger partial charge in [0.05, 0.1) is 6.34 Å². The molecule has 48 valence electrons. The van der Waals surface area contributed by atoms with Gasteiger partial charge >= 0.3 is 0 Å². The fraction of sp³-hybridized carbons (Fsp3) is 0.250. The molecule has 1 rings (SSSR count). The quantitative estimate of drug-likeness (QED) is 0.411. The Morgan fingerprint density at radius 1 is 1.67 bits per heavy atom. The predicted octanol–water partition coefficient (Wildman–Crippen LogP) is -0.565. The Kier molecular flexibility index (Phi) is 1.61. The number of nitrogens with one attached hydrogen (secondary N) is 1. The molecule has 1 aliphatic heterocycles. The summed E-state index contributed by atoms with van der Waals surface area (Å²) in [6.45, 7) is 0. The zero-order chi connectivity index (χ0) is 6.85. The number of hydrogen-bond donors (Lipinski definition) is 1. The number of carbonyl (C=O) groups excluding carboxylic acids is 2. The molecule has 0 bridgehead atoms. The number of halogens is 1. The summed E-state index contributed by atoms with van der Waals surface area (Å²) < 4.78 is 0. The van der Waals surface area contributed by atoms with Crippen molar-refractivity contribution in [3.8, 4) is 0 Å². The molecule has 5 heteroatoms. The van der Waals surface area contributed by atoms with Gasteiger partial charge in [-0.3, -0.25) is 9.59 Å². The summed E-state index contributed by atoms with van der Waals surface area (Å²) >= 11 is 2.84. The molecule has 4 nitrogen and oxygen atoms in total. The van der Waals surface area contributed by atoms with Crippen molar-refractivity contribution in [2.45, 2.75) is 4.83 Å². The van der Waals surface area contributed by atoms with E-state index in [2.05, 4.69) is 26.2 Å². The van der Waals surface area contributed by atoms with Crippen LogP contribution in [0.3, 0.4) is 0 Å². The number of carbonyl (C=O) groups is 2. The third-order valence-electron chi connectivity index (χ3n) is 0.846. The maximum absolute atomic E-state index is 10.5. The van der Waals surface area contributed by atoms with E-state index in [1.54, 1.807) is 0 Å². The van der Waals surface area contributed by atoms with Crippen LogP contribution in [0.25, 0.3) is 0 Å². The van der Waals surface area contributed by atoms with Crippen LogP contribution in [0.4, 0.5) is 0 Å². The lowest BCUT2D eigenvalue weighted by molar-refractivity contribution is -0.126. The summed E-state index contributed by atoms with van der Waals surface area (Å²) in [7, 11) is 0. The first kappa shape index (κ1) is 6.41. The van der Waals surface area contributed by atoms with Crippen LogP contribution in [0.5, 0.6) is 0 Å². The molecule has 0 saturated carbocycles. The van der Waals surface area contributed by atoms with E-state index < -0.39 is 10.7 Å². The van der Waals surface area contributed by atoms with E-state index in [0.29, 0.717) is 0 Å². The molecule has 1 heterocycles. The van der Waals surface area contributed by atoms with Crippen LogP contribution in [0.2, 0.25) is 0 Å². The first-order chi connectivity index (χ1) is 4.22. The first-order valence-electron chi connectivity index (χ1n) is 2.22. The molecule has 0 aromatic rings. The van der Waals surface area contributed by atoms with Gasteiger partial charge in [0.15, 0.2) is 4.83 Å². The summed E-state index contributed by atoms with van der Waals surface area (Å²) in [5, 5.41) is 2.26. The van der Waals surface area contributed by atoms with E-state index in [0.717, 1.165) is 6.34 Å². The summed E-state index contributed by atoms with van der Waals surface area (Å²) in [4.78, 5) is 23.5. The number of nitrogens with zero attached hydrogens (tertiary/aromatic N) is 1. The van der Waals surface area contributed by atoms with Gasteiger partial charge < -0.3 is 5.32 Å². The number of amides is 2. The zero-order valence-corrected chi connectivity index (χ0v) is 5.88. The molecule has 1 atom stereocenters. The summed E-state index contributed by atoms with van der Waals surface area (Å²) in [6, 6.07) is 0. The fourth-order valence-electron chi connectivity index (χ4n) is 0.410. The van der Waals surface area contributed by atoms with Crippen LogP contribution in [-0.2, 0) is 9.59 Å². The molecule has 1 aliphatic rings. The summed E-state index contributed by atoms with van der Waals surface area (Å²) in [5.74, 6) is -0.825. The highest BCUT2D eigenvalue weighted by atomic mass is 79.9. The van der Waals surface area contributed by atoms with E-state index in [1.165, 1.54) is 0 Å². The van der Waals surface area contributed by atoms with Gasteiger partial charge in [-0.15, -0.1) is 0 Å². The second kappa shape index (κ2) is 2.26. The van der Waals surface area contributed by atoms with Crippen LogP contribution in [0, 0.1) is 0 Å². The zero-order valence-electron chi connectivity index (χ0n) is 4.30. The SMILES string of the molecule is O=C1N=CNC(=O)C1Br. The van der Waals surface area contributed by atoms with Crippen molar-refractivity contribution in [1.29, 1.82) is 0 Å². The van der Waals surface area contributed by atoms with Crippen molar-refractivity contribution in [1.82, 2.24) is 5.32 Å². The molecular formula is C4H3BrN2O2. The van der Waals surface area contributed by atoms with Crippen LogP contribution >= 0.6 is 15.9 Å². The molecule has 2 amide bonds. The normalized spacial score (nSPS) is 26.1. The van der Waals surface area contributed by atoms with Gasteiger partial charge in [-0.1, -0.05) is 15.9 Å². The molecule has 0 aromatic carbocycles. The van der Waals surface area contributed by atoms with Crippen LogP contribution < -0.4 is 5.32 Å². The largest absolute Gasteiger partial charge is 0.315 e. The van der Waals surface area contributed by atoms with Crippen LogP contribution in [0.15, 0.2) is 4.99 Å². The van der Waals surface area contributed by atoms with Gasteiger partial charge in [-0.2, -0.15) is 0 Å². The van der Waals surface area contributed by atoms with Gasteiger partial charge in [0.1, 0.15) is 0 Å². The molecule has 1 N–H and O–H groups in total. The Hall–Kier alpha value is -0.710. The lowest BCUT2D eigenvalue weighted by Crippen LogP contribution is -2.38. The smallest absolute Gasteiger partial charge is 0.270 e. The van der Waals surface area contributed by atoms with Crippen LogP contribution in [-0.4, -0.2) is 23.0 Å². The minimum Gasteiger partial charge on any atom is -0.315 e. The Bertz CT molecular complexity index is 189. The van der Waals surface area contributed by atoms with Crippen LogP contribution in [0.1, 0.15) is 0 Å². The maximum atomic E-state index is 10.5. The highest BCUT2D eigenvalue weighted by Gasteiger charge is 2.24. The second-order valence-corrected chi connectivity index (χ2v) is 2.38. The van der Waals surface area contributed by atoms with E-state index in [9.17, 15) is 9.59 Å². The highest BCUT2D eigenvalue weighted by Crippen LogP contribution is 2.03. The average Bonchev–Trinajstić information content (AvgIpc) is 1.83. The number of aliphatic imine (C=N–C) groups is 1. The molecular weight excluding hydrogens is 188 g/mol. The highest BCUT2D eigenvalue weighted by molar-refractivity contribution is 9.10. The van der Waals surface area contributed by atoms with Gasteiger partial charge in [0, 0.05) is 0 Å². The van der Waals surface area contributed by atoms with Gasteiger partial charge in [-0.25, -0.2) is 4.99 Å². The standard InChI is InChI=1S/C4H3BrN2O2/c5-2-3(8)6-1-7-4(2)9/h1-2H,(H,6,7,8,9). The average molecular weight is 191 g/mol. The second-order valence-electron chi connectivity index (χ2n) is 1.47. The lowest BCUT2D eigenvalue weighted by Gasteiger charge is -2.07. The minimum atomic E-state index is -0.803. The van der Waals surface area contributed by atoms with Crippen molar-refractivity contribution in [3.63, 3.8) is 0 Å². The van der Waals surface area contributed by atoms with Gasteiger partial charge in [0.25, 0.3) is 5.91 Å². The third-order valence-corrected chi connectivity index (χ3v) is 1.65. The van der Waals surface area contributed by atoms with E-state index >= 15 is 0 Å². The molecule has 0 saturated heterocycles. The molecule has 0 radical (unpaired) electrons. The first-order valence-corrected chi connectivity index (χ1v) is 3.14. The van der Waals surface area contributed by atoms with E-state index in [4.69, 9.17) is 0 Å². The summed E-state index contributed by atoms with van der Waals surface area (Å²) in [5.41, 5.74) is 0. The maximum Gasteiger partial charge on any atom is 0.270 e. The van der Waals surface area contributed by atoms with Gasteiger partial charge in [-0.05, 0) is 0 Å². The van der Waals surface area contributed by atoms with Crippen molar-refractivity contribution < 1.29 is 9.59 Å². The summed E-state index contributed by atoms with van der Waals surface area (Å²) in [6.07, 6.45) is 1.09. The molecule has 0 aliphatic carbocycles. The van der Waals surface area contributed by atoms with E-state index in [1.807, 2.05) is 0 Å². The molecule has 1 unspecified atom stereocenters. The molecule has 0 spiro atoms. The molecule has 9 heavy (non-hydrogen) atoms. The predicted molar refractivity (Wildman–Crippen MR) is 34.4 cm³/mol. The monoisotopic (exact) mass is 190 g/mol. The van der Waals surface area contributed by atoms with Crippen molar-refractivity contribution in [2.24, 2.45) is 4.99 Å². The van der Waals surface area contributed by atoms with Gasteiger partial charge in [0.2, 0.25) is 5.91 Å². The van der Waals surface area contributed by atoms with E-state index in [-0.39, 0.29) is 5.91 Å². The topological polar surface area (TPSA) is 58.5 Å². The van der Waals surface area contributed by atoms with Crippen molar-refractivity contribution >= 4 is 34.1 Å². The molecule has 0 aromatic heterocycles. The lowest BCUT2D eigenvalue weighted by atomic mass is 10.3. The Balaban J connectivity index is 2.81. The number of alkyl halides is 1. The third kappa shape index (κ3) is 1.16. The fourth-order valence-corrected chi connectivity index (χ4v) is 0.661. The Labute approximate surface area is 59.5 Å². The van der Waals surface area contributed by atoms with Crippen molar-refractivity contribution in [2.75, 3.05) is 0 Å². The minimum absolute atomic E-state index is 0.366. The number of rotatable bonds is 0. The number of hydrogen-bond acceptors (Lipinski definition) is 2. The Morgan fingerprint density at radius 2 is 2.33 bits per heavy atom. The molecule has 0 fully saturated rings.